The standard InChI is InChI=1S/C14H22O7/c1-9(3-11(15)5-13(17)18)7-21-8-10(2)4-12(16)6-14(19)20/h9-10H,3-8H2,1-2H3,(H,17,18)(H,19,20)/t9-,10-/m0/s1. The second kappa shape index (κ2) is 10.0. The van der Waals surface area contributed by atoms with Crippen molar-refractivity contribution in [3.8, 4) is 0 Å². The van der Waals surface area contributed by atoms with Gasteiger partial charge in [0, 0.05) is 26.1 Å². The summed E-state index contributed by atoms with van der Waals surface area (Å²) in [6, 6.07) is 0. The average molecular weight is 302 g/mol. The van der Waals surface area contributed by atoms with Crippen LogP contribution in [0, 0.1) is 11.8 Å². The molecule has 0 amide bonds. The molecule has 0 aliphatic heterocycles. The molecule has 7 nitrogen and oxygen atoms in total. The van der Waals surface area contributed by atoms with Crippen molar-refractivity contribution in [1.29, 1.82) is 0 Å². The molecule has 7 heteroatoms. The van der Waals surface area contributed by atoms with E-state index in [-0.39, 0.29) is 36.2 Å². The van der Waals surface area contributed by atoms with Crippen LogP contribution in [-0.4, -0.2) is 46.9 Å². The minimum atomic E-state index is -1.14. The first-order valence-electron chi connectivity index (χ1n) is 6.75. The highest BCUT2D eigenvalue weighted by molar-refractivity contribution is 5.95. The van der Waals surface area contributed by atoms with Crippen LogP contribution in [0.3, 0.4) is 0 Å². The Kier molecular flexibility index (Phi) is 9.20. The average Bonchev–Trinajstić information content (AvgIpc) is 2.25. The number of carbonyl (C=O) groups excluding carboxylic acids is 2. The van der Waals surface area contributed by atoms with E-state index < -0.39 is 24.8 Å². The number of carboxylic acid groups (broad SMARTS) is 2. The number of ketones is 2. The first kappa shape index (κ1) is 19.2. The van der Waals surface area contributed by atoms with Crippen LogP contribution in [0.15, 0.2) is 0 Å². The van der Waals surface area contributed by atoms with Gasteiger partial charge < -0.3 is 14.9 Å². The van der Waals surface area contributed by atoms with Gasteiger partial charge in [0.15, 0.2) is 0 Å². The van der Waals surface area contributed by atoms with E-state index >= 15 is 0 Å². The second-order valence-electron chi connectivity index (χ2n) is 5.37. The van der Waals surface area contributed by atoms with Gasteiger partial charge in [-0.2, -0.15) is 0 Å². The van der Waals surface area contributed by atoms with Crippen molar-refractivity contribution in [1.82, 2.24) is 0 Å². The first-order valence-corrected chi connectivity index (χ1v) is 6.75. The summed E-state index contributed by atoms with van der Waals surface area (Å²) in [5.74, 6) is -3.17. The predicted molar refractivity (Wildman–Crippen MR) is 72.9 cm³/mol. The highest BCUT2D eigenvalue weighted by atomic mass is 16.5. The molecule has 0 fully saturated rings. The van der Waals surface area contributed by atoms with Gasteiger partial charge in [-0.25, -0.2) is 0 Å². The molecule has 0 saturated carbocycles. The number of hydrogen-bond donors (Lipinski definition) is 2. The molecule has 120 valence electrons. The van der Waals surface area contributed by atoms with Crippen LogP contribution in [0.25, 0.3) is 0 Å². The molecule has 0 heterocycles. The maximum absolute atomic E-state index is 11.3. The van der Waals surface area contributed by atoms with Crippen LogP contribution >= 0.6 is 0 Å². The molecule has 0 aliphatic carbocycles. The molecular formula is C14H22O7. The number of carboxylic acids is 2. The van der Waals surface area contributed by atoms with Crippen LogP contribution < -0.4 is 0 Å². The zero-order valence-corrected chi connectivity index (χ0v) is 12.3. The van der Waals surface area contributed by atoms with Crippen LogP contribution in [0.4, 0.5) is 0 Å². The molecule has 0 unspecified atom stereocenters. The molecule has 0 bridgehead atoms. The maximum atomic E-state index is 11.3. The molecule has 0 rings (SSSR count). The molecule has 0 saturated heterocycles. The lowest BCUT2D eigenvalue weighted by molar-refractivity contribution is -0.142. The van der Waals surface area contributed by atoms with Crippen LogP contribution in [0.1, 0.15) is 39.5 Å². The van der Waals surface area contributed by atoms with E-state index in [1.807, 2.05) is 0 Å². The molecule has 2 atom stereocenters. The van der Waals surface area contributed by atoms with Gasteiger partial charge in [-0.3, -0.25) is 19.2 Å². The lowest BCUT2D eigenvalue weighted by atomic mass is 10.0. The van der Waals surface area contributed by atoms with Crippen LogP contribution in [0.2, 0.25) is 0 Å². The van der Waals surface area contributed by atoms with Crippen molar-refractivity contribution in [2.45, 2.75) is 39.5 Å². The summed E-state index contributed by atoms with van der Waals surface area (Å²) >= 11 is 0. The Labute approximate surface area is 123 Å². The van der Waals surface area contributed by atoms with Crippen LogP contribution in [0.5, 0.6) is 0 Å². The summed E-state index contributed by atoms with van der Waals surface area (Å²) in [4.78, 5) is 43.2. The Morgan fingerprint density at radius 3 is 1.43 bits per heavy atom. The van der Waals surface area contributed by atoms with E-state index in [1.54, 1.807) is 13.8 Å². The number of carbonyl (C=O) groups is 4. The van der Waals surface area contributed by atoms with Gasteiger partial charge in [-0.1, -0.05) is 13.8 Å². The third-order valence-electron chi connectivity index (χ3n) is 2.65. The van der Waals surface area contributed by atoms with Crippen molar-refractivity contribution in [3.05, 3.63) is 0 Å². The van der Waals surface area contributed by atoms with Gasteiger partial charge in [0.1, 0.15) is 24.4 Å². The lowest BCUT2D eigenvalue weighted by Gasteiger charge is -2.14. The minimum absolute atomic E-state index is 0.0984. The summed E-state index contributed by atoms with van der Waals surface area (Å²) in [6.07, 6.45) is -0.688. The van der Waals surface area contributed by atoms with E-state index in [4.69, 9.17) is 14.9 Å². The molecule has 0 radical (unpaired) electrons. The van der Waals surface area contributed by atoms with Crippen molar-refractivity contribution >= 4 is 23.5 Å². The second-order valence-corrected chi connectivity index (χ2v) is 5.37. The third-order valence-corrected chi connectivity index (χ3v) is 2.65. The van der Waals surface area contributed by atoms with Gasteiger partial charge in [-0.15, -0.1) is 0 Å². The van der Waals surface area contributed by atoms with Gasteiger partial charge in [0.2, 0.25) is 0 Å². The number of rotatable bonds is 12. The van der Waals surface area contributed by atoms with Gasteiger partial charge in [0.25, 0.3) is 0 Å². The van der Waals surface area contributed by atoms with Crippen molar-refractivity contribution in [2.75, 3.05) is 13.2 Å². The molecule has 0 aromatic carbocycles. The zero-order chi connectivity index (χ0) is 16.4. The molecule has 2 N–H and O–H groups in total. The lowest BCUT2D eigenvalue weighted by Crippen LogP contribution is -2.18. The minimum Gasteiger partial charge on any atom is -0.481 e. The predicted octanol–water partition coefficient (Wildman–Crippen LogP) is 1.14. The van der Waals surface area contributed by atoms with Crippen molar-refractivity contribution < 1.29 is 34.1 Å². The molecule has 0 aromatic heterocycles. The van der Waals surface area contributed by atoms with Crippen molar-refractivity contribution in [2.24, 2.45) is 11.8 Å². The number of ether oxygens (including phenoxy) is 1. The monoisotopic (exact) mass is 302 g/mol. The Morgan fingerprint density at radius 2 is 1.14 bits per heavy atom. The Balaban J connectivity index is 3.82. The number of aliphatic carboxylic acids is 2. The van der Waals surface area contributed by atoms with Crippen LogP contribution in [-0.2, 0) is 23.9 Å². The fourth-order valence-electron chi connectivity index (χ4n) is 1.85. The highest BCUT2D eigenvalue weighted by Crippen LogP contribution is 2.09. The first-order chi connectivity index (χ1) is 9.70. The summed E-state index contributed by atoms with van der Waals surface area (Å²) in [6.45, 7) is 4.14. The van der Waals surface area contributed by atoms with E-state index in [0.717, 1.165) is 0 Å². The SMILES string of the molecule is C[C@H](COC[C@@H](C)CC(=O)CC(=O)O)CC(=O)CC(=O)O. The van der Waals surface area contributed by atoms with Gasteiger partial charge in [-0.05, 0) is 11.8 Å². The fourth-order valence-corrected chi connectivity index (χ4v) is 1.85. The Bertz CT molecular complexity index is 353. The molecule has 0 aliphatic rings. The smallest absolute Gasteiger partial charge is 0.310 e. The zero-order valence-electron chi connectivity index (χ0n) is 12.3. The summed E-state index contributed by atoms with van der Waals surface area (Å²) in [5, 5.41) is 16.9. The normalized spacial score (nSPS) is 13.4. The van der Waals surface area contributed by atoms with Crippen molar-refractivity contribution in [3.63, 3.8) is 0 Å². The van der Waals surface area contributed by atoms with Gasteiger partial charge in [0.05, 0.1) is 0 Å². The summed E-state index contributed by atoms with van der Waals surface area (Å²) in [5.41, 5.74) is 0. The largest absolute Gasteiger partial charge is 0.481 e. The van der Waals surface area contributed by atoms with E-state index in [2.05, 4.69) is 0 Å². The molecule has 21 heavy (non-hydrogen) atoms. The van der Waals surface area contributed by atoms with E-state index in [9.17, 15) is 19.2 Å². The summed E-state index contributed by atoms with van der Waals surface area (Å²) < 4.78 is 5.37. The quantitative estimate of drug-likeness (QED) is 0.519. The molecular weight excluding hydrogens is 280 g/mol. The molecule has 0 aromatic rings. The number of hydrogen-bond acceptors (Lipinski definition) is 5. The Morgan fingerprint density at radius 1 is 0.810 bits per heavy atom. The topological polar surface area (TPSA) is 118 Å². The molecule has 0 spiro atoms. The fraction of sp³-hybridized carbons (Fsp3) is 0.714. The third kappa shape index (κ3) is 11.7. The summed E-state index contributed by atoms with van der Waals surface area (Å²) in [7, 11) is 0. The maximum Gasteiger partial charge on any atom is 0.310 e. The Hall–Kier alpha value is -1.76. The van der Waals surface area contributed by atoms with E-state index in [0.29, 0.717) is 13.2 Å². The number of Topliss-reactive ketones (excluding diaryl/α,β-unsaturated/α-hetero) is 2. The van der Waals surface area contributed by atoms with Gasteiger partial charge >= 0.3 is 11.9 Å². The van der Waals surface area contributed by atoms with E-state index in [1.165, 1.54) is 0 Å². The highest BCUT2D eigenvalue weighted by Gasteiger charge is 2.15.